The van der Waals surface area contributed by atoms with E-state index in [4.69, 9.17) is 4.74 Å². The topological polar surface area (TPSA) is 67.3 Å². The molecule has 0 aliphatic carbocycles. The molecule has 0 bridgehead atoms. The zero-order valence-electron chi connectivity index (χ0n) is 13.0. The van der Waals surface area contributed by atoms with E-state index in [1.54, 1.807) is 44.7 Å². The maximum absolute atomic E-state index is 12.1. The maximum Gasteiger partial charge on any atom is 0.253 e. The quantitative estimate of drug-likeness (QED) is 0.797. The van der Waals surface area contributed by atoms with Crippen molar-refractivity contribution in [2.75, 3.05) is 26.5 Å². The highest BCUT2D eigenvalue weighted by Gasteiger charge is 2.13. The Kier molecular flexibility index (Phi) is 4.12. The number of thiophene rings is 1. The van der Waals surface area contributed by atoms with Gasteiger partial charge in [-0.2, -0.15) is 0 Å². The molecular weight excluding hydrogens is 312 g/mol. The van der Waals surface area contributed by atoms with E-state index in [0.717, 1.165) is 15.9 Å². The molecule has 0 saturated heterocycles. The Balaban J connectivity index is 1.97. The molecule has 7 heteroatoms. The number of nitrogens with zero attached hydrogens (tertiary/aromatic N) is 3. The molecule has 23 heavy (non-hydrogen) atoms. The zero-order valence-corrected chi connectivity index (χ0v) is 13.8. The molecule has 0 radical (unpaired) electrons. The van der Waals surface area contributed by atoms with Gasteiger partial charge in [0.15, 0.2) is 0 Å². The number of carbonyl (C=O) groups excluding carboxylic acids is 1. The van der Waals surface area contributed by atoms with Gasteiger partial charge >= 0.3 is 0 Å². The number of hydrogen-bond acceptors (Lipinski definition) is 6. The standard InChI is InChI=1S/C16H16N4O2S/c1-20(2)16(21)10-4-5-12(13(8-10)22-3)19-14-11-6-7-23-15(11)18-9-17-14/h4-9H,1-3H3,(H,17,18,19). The Morgan fingerprint density at radius 3 is 2.83 bits per heavy atom. The van der Waals surface area contributed by atoms with Crippen LogP contribution in [-0.4, -0.2) is 42.0 Å². The molecular formula is C16H16N4O2S. The van der Waals surface area contributed by atoms with Crippen LogP contribution >= 0.6 is 11.3 Å². The first-order chi connectivity index (χ1) is 11.1. The van der Waals surface area contributed by atoms with Crippen LogP contribution in [0.1, 0.15) is 10.4 Å². The van der Waals surface area contributed by atoms with E-state index in [1.807, 2.05) is 17.5 Å². The second kappa shape index (κ2) is 6.21. The van der Waals surface area contributed by atoms with Crippen LogP contribution < -0.4 is 10.1 Å². The molecule has 6 nitrogen and oxygen atoms in total. The number of hydrogen-bond donors (Lipinski definition) is 1. The number of aromatic nitrogens is 2. The number of rotatable bonds is 4. The number of benzene rings is 1. The van der Waals surface area contributed by atoms with Crippen molar-refractivity contribution in [2.45, 2.75) is 0 Å². The lowest BCUT2D eigenvalue weighted by atomic mass is 10.1. The highest BCUT2D eigenvalue weighted by Crippen LogP contribution is 2.31. The van der Waals surface area contributed by atoms with E-state index >= 15 is 0 Å². The summed E-state index contributed by atoms with van der Waals surface area (Å²) in [7, 11) is 5.01. The van der Waals surface area contributed by atoms with E-state index in [2.05, 4.69) is 15.3 Å². The first-order valence-corrected chi connectivity index (χ1v) is 7.83. The van der Waals surface area contributed by atoms with Crippen molar-refractivity contribution in [1.29, 1.82) is 0 Å². The molecule has 1 N–H and O–H groups in total. The predicted molar refractivity (Wildman–Crippen MR) is 91.7 cm³/mol. The zero-order chi connectivity index (χ0) is 16.4. The number of ether oxygens (including phenoxy) is 1. The van der Waals surface area contributed by atoms with Crippen molar-refractivity contribution in [3.05, 3.63) is 41.5 Å². The van der Waals surface area contributed by atoms with Crippen LogP contribution in [0.2, 0.25) is 0 Å². The third-order valence-electron chi connectivity index (χ3n) is 3.37. The number of nitrogens with one attached hydrogen (secondary N) is 1. The summed E-state index contributed by atoms with van der Waals surface area (Å²) in [6.07, 6.45) is 1.53. The number of anilines is 2. The van der Waals surface area contributed by atoms with Gasteiger partial charge in [-0.3, -0.25) is 4.79 Å². The van der Waals surface area contributed by atoms with Crippen molar-refractivity contribution in [3.8, 4) is 5.75 Å². The van der Waals surface area contributed by atoms with Crippen LogP contribution in [0.3, 0.4) is 0 Å². The summed E-state index contributed by atoms with van der Waals surface area (Å²) in [5, 5.41) is 6.18. The Labute approximate surface area is 137 Å². The molecule has 0 spiro atoms. The SMILES string of the molecule is COc1cc(C(=O)N(C)C)ccc1Nc1ncnc2sccc12. The van der Waals surface area contributed by atoms with E-state index < -0.39 is 0 Å². The van der Waals surface area contributed by atoms with Crippen LogP contribution in [0, 0.1) is 0 Å². The first-order valence-electron chi connectivity index (χ1n) is 6.95. The van der Waals surface area contributed by atoms with Crippen LogP contribution in [0.25, 0.3) is 10.2 Å². The summed E-state index contributed by atoms with van der Waals surface area (Å²) < 4.78 is 5.41. The van der Waals surface area contributed by atoms with Gasteiger partial charge < -0.3 is 15.0 Å². The Morgan fingerprint density at radius 1 is 1.26 bits per heavy atom. The fourth-order valence-electron chi connectivity index (χ4n) is 2.20. The van der Waals surface area contributed by atoms with Crippen LogP contribution in [-0.2, 0) is 0 Å². The summed E-state index contributed by atoms with van der Waals surface area (Å²) in [5.41, 5.74) is 1.31. The summed E-state index contributed by atoms with van der Waals surface area (Å²) in [6, 6.07) is 7.27. The van der Waals surface area contributed by atoms with Crippen molar-refractivity contribution in [3.63, 3.8) is 0 Å². The maximum atomic E-state index is 12.1. The molecule has 2 aromatic heterocycles. The second-order valence-corrected chi connectivity index (χ2v) is 6.00. The van der Waals surface area contributed by atoms with Gasteiger partial charge in [0.1, 0.15) is 22.7 Å². The highest BCUT2D eigenvalue weighted by molar-refractivity contribution is 7.16. The molecule has 0 saturated carbocycles. The van der Waals surface area contributed by atoms with Gasteiger partial charge in [0.25, 0.3) is 5.91 Å². The number of fused-ring (bicyclic) bond motifs is 1. The molecule has 0 atom stereocenters. The van der Waals surface area contributed by atoms with Crippen LogP contribution in [0.4, 0.5) is 11.5 Å². The van der Waals surface area contributed by atoms with Gasteiger partial charge in [0.2, 0.25) is 0 Å². The molecule has 1 aromatic carbocycles. The molecule has 0 aliphatic heterocycles. The molecule has 0 unspecified atom stereocenters. The molecule has 0 fully saturated rings. The average molecular weight is 328 g/mol. The normalized spacial score (nSPS) is 10.6. The molecule has 3 aromatic rings. The van der Waals surface area contributed by atoms with Gasteiger partial charge in [0.05, 0.1) is 18.2 Å². The largest absolute Gasteiger partial charge is 0.495 e. The van der Waals surface area contributed by atoms with Gasteiger partial charge in [-0.15, -0.1) is 11.3 Å². The minimum Gasteiger partial charge on any atom is -0.495 e. The number of carbonyl (C=O) groups is 1. The van der Waals surface area contributed by atoms with E-state index in [0.29, 0.717) is 17.1 Å². The predicted octanol–water partition coefficient (Wildman–Crippen LogP) is 3.15. The first kappa shape index (κ1) is 15.2. The molecule has 1 amide bonds. The van der Waals surface area contributed by atoms with Crippen molar-refractivity contribution < 1.29 is 9.53 Å². The van der Waals surface area contributed by atoms with Gasteiger partial charge in [0, 0.05) is 19.7 Å². The van der Waals surface area contributed by atoms with Gasteiger partial charge in [-0.25, -0.2) is 9.97 Å². The summed E-state index contributed by atoms with van der Waals surface area (Å²) >= 11 is 1.56. The van der Waals surface area contributed by atoms with Crippen molar-refractivity contribution in [2.24, 2.45) is 0 Å². The fraction of sp³-hybridized carbons (Fsp3) is 0.188. The monoisotopic (exact) mass is 328 g/mol. The van der Waals surface area contributed by atoms with Crippen LogP contribution in [0.15, 0.2) is 36.0 Å². The van der Waals surface area contributed by atoms with Crippen molar-refractivity contribution in [1.82, 2.24) is 14.9 Å². The lowest BCUT2D eigenvalue weighted by Crippen LogP contribution is -2.21. The van der Waals surface area contributed by atoms with Crippen molar-refractivity contribution >= 4 is 39.0 Å². The summed E-state index contributed by atoms with van der Waals surface area (Å²) in [6.45, 7) is 0. The smallest absolute Gasteiger partial charge is 0.253 e. The lowest BCUT2D eigenvalue weighted by molar-refractivity contribution is 0.0827. The summed E-state index contributed by atoms with van der Waals surface area (Å²) in [4.78, 5) is 23.0. The Bertz CT molecular complexity index is 860. The third kappa shape index (κ3) is 2.95. The van der Waals surface area contributed by atoms with E-state index in [1.165, 1.54) is 11.2 Å². The Morgan fingerprint density at radius 2 is 2.09 bits per heavy atom. The second-order valence-electron chi connectivity index (χ2n) is 5.10. The molecule has 0 aliphatic rings. The third-order valence-corrected chi connectivity index (χ3v) is 4.19. The fourth-order valence-corrected chi connectivity index (χ4v) is 2.94. The van der Waals surface area contributed by atoms with Crippen LogP contribution in [0.5, 0.6) is 5.75 Å². The summed E-state index contributed by atoms with van der Waals surface area (Å²) in [5.74, 6) is 1.22. The lowest BCUT2D eigenvalue weighted by Gasteiger charge is -2.14. The van der Waals surface area contributed by atoms with E-state index in [9.17, 15) is 4.79 Å². The Hall–Kier alpha value is -2.67. The highest BCUT2D eigenvalue weighted by atomic mass is 32.1. The van der Waals surface area contributed by atoms with E-state index in [-0.39, 0.29) is 5.91 Å². The molecule has 3 rings (SSSR count). The number of methoxy groups -OCH3 is 1. The number of amides is 1. The minimum atomic E-state index is -0.0721. The molecule has 2 heterocycles. The average Bonchev–Trinajstić information content (AvgIpc) is 3.04. The van der Waals surface area contributed by atoms with Gasteiger partial charge in [-0.1, -0.05) is 0 Å². The molecule has 118 valence electrons. The van der Waals surface area contributed by atoms with Gasteiger partial charge in [-0.05, 0) is 29.6 Å². The minimum absolute atomic E-state index is 0.0721.